The number of hydrogen-bond acceptors (Lipinski definition) is 4. The average molecular weight is 250 g/mol. The number of nitrogens with zero attached hydrogens (tertiary/aromatic N) is 1. The highest BCUT2D eigenvalue weighted by atomic mass is 16.6. The van der Waals surface area contributed by atoms with Gasteiger partial charge in [0.15, 0.2) is 0 Å². The van der Waals surface area contributed by atoms with E-state index in [0.29, 0.717) is 11.6 Å². The van der Waals surface area contributed by atoms with Crippen LogP contribution in [0.3, 0.4) is 0 Å². The molecule has 2 N–H and O–H groups in total. The number of nitro groups is 1. The Morgan fingerprint density at radius 3 is 2.56 bits per heavy atom. The Kier molecular flexibility index (Phi) is 3.81. The van der Waals surface area contributed by atoms with Crippen LogP contribution in [0.4, 0.5) is 11.4 Å². The van der Waals surface area contributed by atoms with Gasteiger partial charge in [-0.15, -0.1) is 0 Å². The Hall–Kier alpha value is -1.62. The third kappa shape index (κ3) is 2.98. The Morgan fingerprint density at radius 1 is 1.33 bits per heavy atom. The van der Waals surface area contributed by atoms with Gasteiger partial charge in [-0.05, 0) is 44.7 Å². The molecule has 0 amide bonds. The Labute approximate surface area is 106 Å². The van der Waals surface area contributed by atoms with Crippen LogP contribution >= 0.6 is 0 Å². The first-order chi connectivity index (χ1) is 8.56. The molecule has 5 heteroatoms. The second kappa shape index (κ2) is 5.35. The number of aryl methyl sites for hydroxylation is 1. The molecule has 98 valence electrons. The monoisotopic (exact) mass is 250 g/mol. The molecule has 1 aromatic rings. The van der Waals surface area contributed by atoms with Crippen LogP contribution in [0.2, 0.25) is 0 Å². The topological polar surface area (TPSA) is 75.4 Å². The van der Waals surface area contributed by atoms with Gasteiger partial charge in [0.05, 0.1) is 11.0 Å². The van der Waals surface area contributed by atoms with Gasteiger partial charge in [0.25, 0.3) is 5.69 Å². The second-order valence-corrected chi connectivity index (χ2v) is 4.91. The summed E-state index contributed by atoms with van der Waals surface area (Å²) in [5.74, 6) is 0. The Morgan fingerprint density at radius 2 is 2.00 bits per heavy atom. The van der Waals surface area contributed by atoms with E-state index in [2.05, 4.69) is 5.32 Å². The molecule has 0 aliphatic heterocycles. The summed E-state index contributed by atoms with van der Waals surface area (Å²) in [5.41, 5.74) is 1.74. The van der Waals surface area contributed by atoms with Crippen LogP contribution in [0.15, 0.2) is 18.2 Å². The molecule has 18 heavy (non-hydrogen) atoms. The minimum absolute atomic E-state index is 0.152. The minimum atomic E-state index is -0.365. The van der Waals surface area contributed by atoms with Gasteiger partial charge < -0.3 is 10.4 Å². The lowest BCUT2D eigenvalue weighted by molar-refractivity contribution is -0.385. The predicted molar refractivity (Wildman–Crippen MR) is 69.7 cm³/mol. The predicted octanol–water partition coefficient (Wildman–Crippen LogP) is 2.62. The first kappa shape index (κ1) is 12.8. The summed E-state index contributed by atoms with van der Waals surface area (Å²) >= 11 is 0. The second-order valence-electron chi connectivity index (χ2n) is 4.91. The van der Waals surface area contributed by atoms with Gasteiger partial charge in [0.1, 0.15) is 0 Å². The van der Waals surface area contributed by atoms with Gasteiger partial charge in [-0.3, -0.25) is 10.1 Å². The highest BCUT2D eigenvalue weighted by molar-refractivity contribution is 5.54. The fourth-order valence-electron chi connectivity index (χ4n) is 2.41. The molecule has 0 atom stereocenters. The summed E-state index contributed by atoms with van der Waals surface area (Å²) in [6, 6.07) is 5.45. The zero-order chi connectivity index (χ0) is 13.1. The molecule has 1 aromatic carbocycles. The molecule has 1 aliphatic rings. The molecular weight excluding hydrogens is 232 g/mol. The molecule has 0 heterocycles. The standard InChI is InChI=1S/C13H18N2O3/c1-9-8-11(4-7-13(9)15(17)18)14-10-2-5-12(16)6-3-10/h4,7-8,10,12,14,16H,2-3,5-6H2,1H3. The van der Waals surface area contributed by atoms with Crippen LogP contribution in [-0.2, 0) is 0 Å². The van der Waals surface area contributed by atoms with Crippen molar-refractivity contribution in [3.63, 3.8) is 0 Å². The fourth-order valence-corrected chi connectivity index (χ4v) is 2.41. The van der Waals surface area contributed by atoms with Crippen LogP contribution < -0.4 is 5.32 Å². The van der Waals surface area contributed by atoms with E-state index in [1.54, 1.807) is 13.0 Å². The van der Waals surface area contributed by atoms with Crippen LogP contribution in [0.5, 0.6) is 0 Å². The van der Waals surface area contributed by atoms with Crippen molar-refractivity contribution < 1.29 is 10.0 Å². The lowest BCUT2D eigenvalue weighted by atomic mass is 9.93. The lowest BCUT2D eigenvalue weighted by Crippen LogP contribution is -2.28. The quantitative estimate of drug-likeness (QED) is 0.638. The maximum Gasteiger partial charge on any atom is 0.272 e. The molecule has 0 spiro atoms. The minimum Gasteiger partial charge on any atom is -0.393 e. The van der Waals surface area contributed by atoms with E-state index in [4.69, 9.17) is 0 Å². The average Bonchev–Trinajstić information content (AvgIpc) is 2.32. The third-order valence-corrected chi connectivity index (χ3v) is 3.46. The lowest BCUT2D eigenvalue weighted by Gasteiger charge is -2.27. The van der Waals surface area contributed by atoms with Crippen molar-refractivity contribution >= 4 is 11.4 Å². The summed E-state index contributed by atoms with van der Waals surface area (Å²) in [4.78, 5) is 10.4. The van der Waals surface area contributed by atoms with Crippen molar-refractivity contribution in [2.24, 2.45) is 0 Å². The van der Waals surface area contributed by atoms with E-state index in [9.17, 15) is 15.2 Å². The summed E-state index contributed by atoms with van der Waals surface area (Å²) in [6.45, 7) is 1.74. The summed E-state index contributed by atoms with van der Waals surface area (Å²) in [5, 5.41) is 23.5. The molecule has 0 saturated heterocycles. The van der Waals surface area contributed by atoms with Crippen molar-refractivity contribution in [1.29, 1.82) is 0 Å². The molecule has 1 saturated carbocycles. The van der Waals surface area contributed by atoms with E-state index in [-0.39, 0.29) is 16.7 Å². The van der Waals surface area contributed by atoms with E-state index in [1.807, 2.05) is 6.07 Å². The van der Waals surface area contributed by atoms with E-state index in [1.165, 1.54) is 6.07 Å². The number of aliphatic hydroxyl groups excluding tert-OH is 1. The Bertz CT molecular complexity index is 440. The molecule has 1 fully saturated rings. The molecule has 2 rings (SSSR count). The van der Waals surface area contributed by atoms with Gasteiger partial charge >= 0.3 is 0 Å². The Balaban J connectivity index is 2.02. The normalized spacial score (nSPS) is 23.7. The summed E-state index contributed by atoms with van der Waals surface area (Å²) in [7, 11) is 0. The van der Waals surface area contributed by atoms with Crippen molar-refractivity contribution in [2.45, 2.75) is 44.8 Å². The van der Waals surface area contributed by atoms with E-state index in [0.717, 1.165) is 31.4 Å². The number of aliphatic hydroxyl groups is 1. The number of nitrogens with one attached hydrogen (secondary N) is 1. The van der Waals surface area contributed by atoms with Gasteiger partial charge in [-0.1, -0.05) is 0 Å². The highest BCUT2D eigenvalue weighted by Crippen LogP contribution is 2.25. The fraction of sp³-hybridized carbons (Fsp3) is 0.538. The van der Waals surface area contributed by atoms with Gasteiger partial charge in [0.2, 0.25) is 0 Å². The maximum atomic E-state index is 10.7. The van der Waals surface area contributed by atoms with Crippen LogP contribution in [0.1, 0.15) is 31.2 Å². The van der Waals surface area contributed by atoms with Gasteiger partial charge in [-0.25, -0.2) is 0 Å². The smallest absolute Gasteiger partial charge is 0.272 e. The van der Waals surface area contributed by atoms with E-state index >= 15 is 0 Å². The first-order valence-corrected chi connectivity index (χ1v) is 6.26. The van der Waals surface area contributed by atoms with Crippen LogP contribution in [0.25, 0.3) is 0 Å². The van der Waals surface area contributed by atoms with Gasteiger partial charge in [-0.2, -0.15) is 0 Å². The zero-order valence-electron chi connectivity index (χ0n) is 10.4. The number of benzene rings is 1. The van der Waals surface area contributed by atoms with Gasteiger partial charge in [0, 0.05) is 23.4 Å². The summed E-state index contributed by atoms with van der Waals surface area (Å²) < 4.78 is 0. The number of nitro benzene ring substituents is 1. The van der Waals surface area contributed by atoms with Crippen molar-refractivity contribution in [3.8, 4) is 0 Å². The molecule has 5 nitrogen and oxygen atoms in total. The SMILES string of the molecule is Cc1cc(NC2CCC(O)CC2)ccc1[N+](=O)[O-]. The van der Waals surface area contributed by atoms with Crippen molar-refractivity contribution in [3.05, 3.63) is 33.9 Å². The largest absolute Gasteiger partial charge is 0.393 e. The zero-order valence-corrected chi connectivity index (χ0v) is 10.4. The third-order valence-electron chi connectivity index (χ3n) is 3.46. The van der Waals surface area contributed by atoms with Crippen LogP contribution in [0, 0.1) is 17.0 Å². The molecule has 1 aliphatic carbocycles. The number of rotatable bonds is 3. The molecule has 0 radical (unpaired) electrons. The van der Waals surface area contributed by atoms with Crippen LogP contribution in [-0.4, -0.2) is 22.2 Å². The molecule has 0 aromatic heterocycles. The highest BCUT2D eigenvalue weighted by Gasteiger charge is 2.19. The van der Waals surface area contributed by atoms with E-state index < -0.39 is 0 Å². The number of hydrogen-bond donors (Lipinski definition) is 2. The molecular formula is C13H18N2O3. The molecule has 0 unspecified atom stereocenters. The summed E-state index contributed by atoms with van der Waals surface area (Å²) in [6.07, 6.45) is 3.36. The molecule has 0 bridgehead atoms. The maximum absolute atomic E-state index is 10.7. The van der Waals surface area contributed by atoms with Crippen molar-refractivity contribution in [1.82, 2.24) is 0 Å². The van der Waals surface area contributed by atoms with Crippen molar-refractivity contribution in [2.75, 3.05) is 5.32 Å². The number of anilines is 1. The first-order valence-electron chi connectivity index (χ1n) is 6.26.